The van der Waals surface area contributed by atoms with Gasteiger partial charge < -0.3 is 15.1 Å². The third kappa shape index (κ3) is 4.80. The number of hydrogen-bond donors (Lipinski definition) is 1. The van der Waals surface area contributed by atoms with Gasteiger partial charge in [0.2, 0.25) is 0 Å². The molecular weight excluding hydrogens is 286 g/mol. The Hall–Kier alpha value is -0.910. The first-order valence-corrected chi connectivity index (χ1v) is 7.87. The summed E-state index contributed by atoms with van der Waals surface area (Å²) in [4.78, 5) is 5.02. The van der Waals surface area contributed by atoms with Gasteiger partial charge in [0.05, 0.1) is 0 Å². The molecule has 0 saturated carbocycles. The van der Waals surface area contributed by atoms with Gasteiger partial charge in [-0.2, -0.15) is 5.10 Å². The molecular formula is C15H26ClN5. The number of nitrogens with one attached hydrogen (secondary N) is 1. The van der Waals surface area contributed by atoms with Crippen LogP contribution in [0.3, 0.4) is 0 Å². The average Bonchev–Trinajstić information content (AvgIpc) is 2.75. The van der Waals surface area contributed by atoms with Crippen LogP contribution in [0.1, 0.15) is 19.3 Å². The van der Waals surface area contributed by atoms with Crippen LogP contribution in [0.15, 0.2) is 18.3 Å². The zero-order chi connectivity index (χ0) is 13.6. The van der Waals surface area contributed by atoms with E-state index < -0.39 is 0 Å². The minimum atomic E-state index is 0. The Morgan fingerprint density at radius 1 is 1.14 bits per heavy atom. The van der Waals surface area contributed by atoms with Crippen LogP contribution < -0.4 is 10.2 Å². The van der Waals surface area contributed by atoms with E-state index in [1.165, 1.54) is 45.4 Å². The van der Waals surface area contributed by atoms with Crippen LogP contribution in [-0.4, -0.2) is 60.9 Å². The monoisotopic (exact) mass is 311 g/mol. The zero-order valence-corrected chi connectivity index (χ0v) is 13.4. The fourth-order valence-electron chi connectivity index (χ4n) is 3.27. The van der Waals surface area contributed by atoms with Gasteiger partial charge in [0.25, 0.3) is 0 Å². The van der Waals surface area contributed by atoms with Crippen molar-refractivity contribution in [1.29, 1.82) is 0 Å². The molecule has 21 heavy (non-hydrogen) atoms. The van der Waals surface area contributed by atoms with E-state index in [4.69, 9.17) is 0 Å². The molecule has 0 radical (unpaired) electrons. The van der Waals surface area contributed by atoms with Gasteiger partial charge in [0, 0.05) is 32.4 Å². The summed E-state index contributed by atoms with van der Waals surface area (Å²) in [6, 6.07) is 4.04. The lowest BCUT2D eigenvalue weighted by molar-refractivity contribution is 0.216. The zero-order valence-electron chi connectivity index (χ0n) is 12.6. The molecule has 0 atom stereocenters. The lowest BCUT2D eigenvalue weighted by Gasteiger charge is -2.29. The normalized spacial score (nSPS) is 21.6. The molecule has 6 heteroatoms. The molecule has 0 unspecified atom stereocenters. The quantitative estimate of drug-likeness (QED) is 0.914. The summed E-state index contributed by atoms with van der Waals surface area (Å²) < 4.78 is 0. The van der Waals surface area contributed by atoms with Crippen LogP contribution in [0.25, 0.3) is 0 Å². The summed E-state index contributed by atoms with van der Waals surface area (Å²) in [6.45, 7) is 8.22. The first-order chi connectivity index (χ1) is 9.92. The smallest absolute Gasteiger partial charge is 0.151 e. The van der Waals surface area contributed by atoms with Gasteiger partial charge >= 0.3 is 0 Å². The number of hydrogen-bond acceptors (Lipinski definition) is 5. The molecule has 2 aliphatic heterocycles. The van der Waals surface area contributed by atoms with E-state index in [2.05, 4.69) is 31.4 Å². The molecule has 2 aliphatic rings. The molecule has 1 N–H and O–H groups in total. The highest BCUT2D eigenvalue weighted by Gasteiger charge is 2.20. The van der Waals surface area contributed by atoms with Crippen LogP contribution in [-0.2, 0) is 0 Å². The van der Waals surface area contributed by atoms with Crippen LogP contribution in [0.5, 0.6) is 0 Å². The summed E-state index contributed by atoms with van der Waals surface area (Å²) in [5.41, 5.74) is 0. The van der Waals surface area contributed by atoms with Crippen molar-refractivity contribution in [3.63, 3.8) is 0 Å². The summed E-state index contributed by atoms with van der Waals surface area (Å²) in [6.07, 6.45) is 5.64. The maximum absolute atomic E-state index is 4.23. The Morgan fingerprint density at radius 2 is 2.00 bits per heavy atom. The standard InChI is InChI=1S/C15H25N5.ClH/c1-3-15(18-17-6-1)20-10-2-9-19(11-12-20)13-14-4-7-16-8-5-14;/h1,3,6,14,16H,2,4-5,7-13H2;1H. The van der Waals surface area contributed by atoms with Gasteiger partial charge in [-0.1, -0.05) is 0 Å². The first kappa shape index (κ1) is 16.5. The van der Waals surface area contributed by atoms with Crippen LogP contribution >= 0.6 is 12.4 Å². The highest BCUT2D eigenvalue weighted by molar-refractivity contribution is 5.85. The molecule has 3 heterocycles. The van der Waals surface area contributed by atoms with Gasteiger partial charge in [-0.3, -0.25) is 0 Å². The van der Waals surface area contributed by atoms with E-state index >= 15 is 0 Å². The Balaban J connectivity index is 0.00000161. The van der Waals surface area contributed by atoms with Crippen LogP contribution in [0.2, 0.25) is 0 Å². The van der Waals surface area contributed by atoms with E-state index in [1.807, 2.05) is 6.07 Å². The SMILES string of the molecule is Cl.c1cnnc(N2CCCN(CC3CCNCC3)CC2)c1. The number of rotatable bonds is 3. The van der Waals surface area contributed by atoms with Crippen molar-refractivity contribution in [2.75, 3.05) is 50.7 Å². The molecule has 1 aromatic heterocycles. The molecule has 0 bridgehead atoms. The Morgan fingerprint density at radius 3 is 2.76 bits per heavy atom. The number of nitrogens with zero attached hydrogens (tertiary/aromatic N) is 4. The van der Waals surface area contributed by atoms with Crippen molar-refractivity contribution in [2.24, 2.45) is 5.92 Å². The van der Waals surface area contributed by atoms with E-state index in [1.54, 1.807) is 6.20 Å². The summed E-state index contributed by atoms with van der Waals surface area (Å²) in [7, 11) is 0. The second-order valence-corrected chi connectivity index (χ2v) is 5.92. The van der Waals surface area contributed by atoms with E-state index in [9.17, 15) is 0 Å². The third-order valence-corrected chi connectivity index (χ3v) is 4.45. The van der Waals surface area contributed by atoms with Crippen molar-refractivity contribution in [2.45, 2.75) is 19.3 Å². The van der Waals surface area contributed by atoms with Gasteiger partial charge in [-0.05, 0) is 56.9 Å². The van der Waals surface area contributed by atoms with Gasteiger partial charge in [0.1, 0.15) is 0 Å². The summed E-state index contributed by atoms with van der Waals surface area (Å²) in [5, 5.41) is 11.7. The topological polar surface area (TPSA) is 44.3 Å². The van der Waals surface area contributed by atoms with Crippen molar-refractivity contribution in [3.8, 4) is 0 Å². The molecule has 118 valence electrons. The molecule has 1 aromatic rings. The summed E-state index contributed by atoms with van der Waals surface area (Å²) in [5.74, 6) is 1.91. The molecule has 0 aromatic carbocycles. The second-order valence-electron chi connectivity index (χ2n) is 5.92. The Kier molecular flexibility index (Phi) is 6.67. The molecule has 5 nitrogen and oxygen atoms in total. The lowest BCUT2D eigenvalue weighted by Crippen LogP contribution is -2.38. The molecule has 2 fully saturated rings. The Labute approximate surface area is 133 Å². The highest BCUT2D eigenvalue weighted by atomic mass is 35.5. The van der Waals surface area contributed by atoms with Crippen molar-refractivity contribution >= 4 is 18.2 Å². The number of aromatic nitrogens is 2. The fourth-order valence-corrected chi connectivity index (χ4v) is 3.27. The Bertz CT molecular complexity index is 396. The molecule has 0 spiro atoms. The van der Waals surface area contributed by atoms with Gasteiger partial charge in [0.15, 0.2) is 5.82 Å². The van der Waals surface area contributed by atoms with E-state index in [-0.39, 0.29) is 12.4 Å². The average molecular weight is 312 g/mol. The molecule has 3 rings (SSSR count). The third-order valence-electron chi connectivity index (χ3n) is 4.45. The first-order valence-electron chi connectivity index (χ1n) is 7.87. The largest absolute Gasteiger partial charge is 0.354 e. The predicted molar refractivity (Wildman–Crippen MR) is 88.1 cm³/mol. The summed E-state index contributed by atoms with van der Waals surface area (Å²) >= 11 is 0. The van der Waals surface area contributed by atoms with E-state index in [0.717, 1.165) is 31.4 Å². The van der Waals surface area contributed by atoms with E-state index in [0.29, 0.717) is 0 Å². The van der Waals surface area contributed by atoms with Gasteiger partial charge in [-0.25, -0.2) is 0 Å². The van der Waals surface area contributed by atoms with Gasteiger partial charge in [-0.15, -0.1) is 17.5 Å². The minimum absolute atomic E-state index is 0. The number of piperidine rings is 1. The van der Waals surface area contributed by atoms with Crippen LogP contribution in [0.4, 0.5) is 5.82 Å². The fraction of sp³-hybridized carbons (Fsp3) is 0.733. The van der Waals surface area contributed by atoms with Crippen molar-refractivity contribution < 1.29 is 0 Å². The van der Waals surface area contributed by atoms with Crippen molar-refractivity contribution in [1.82, 2.24) is 20.4 Å². The molecule has 0 aliphatic carbocycles. The number of halogens is 1. The highest BCUT2D eigenvalue weighted by Crippen LogP contribution is 2.16. The minimum Gasteiger partial charge on any atom is -0.354 e. The maximum Gasteiger partial charge on any atom is 0.151 e. The van der Waals surface area contributed by atoms with Crippen molar-refractivity contribution in [3.05, 3.63) is 18.3 Å². The second kappa shape index (κ2) is 8.51. The van der Waals surface area contributed by atoms with Crippen LogP contribution in [0, 0.1) is 5.92 Å². The molecule has 0 amide bonds. The maximum atomic E-state index is 4.23. The lowest BCUT2D eigenvalue weighted by atomic mass is 9.97. The molecule has 2 saturated heterocycles. The predicted octanol–water partition coefficient (Wildman–Crippen LogP) is 1.41. The number of anilines is 1.